The van der Waals surface area contributed by atoms with E-state index in [1.54, 1.807) is 0 Å². The van der Waals surface area contributed by atoms with E-state index in [1.165, 1.54) is 18.2 Å². The lowest BCUT2D eigenvalue weighted by molar-refractivity contribution is 0.0915. The number of alkyl halides is 2. The van der Waals surface area contributed by atoms with Gasteiger partial charge in [0.1, 0.15) is 5.75 Å². The van der Waals surface area contributed by atoms with Crippen LogP contribution in [0.15, 0.2) is 18.2 Å². The Kier molecular flexibility index (Phi) is 5.95. The zero-order valence-corrected chi connectivity index (χ0v) is 13.8. The third-order valence-electron chi connectivity index (χ3n) is 2.76. The average molecular weight is 400 g/mol. The summed E-state index contributed by atoms with van der Waals surface area (Å²) in [6.07, 6.45) is 0.770. The molecule has 0 aromatic heterocycles. The minimum atomic E-state index is -0.369. The first-order valence-corrected chi connectivity index (χ1v) is 8.03. The molecule has 0 saturated heterocycles. The van der Waals surface area contributed by atoms with Crippen LogP contribution in [0.5, 0.6) is 5.75 Å². The fourth-order valence-electron chi connectivity index (χ4n) is 1.38. The highest BCUT2D eigenvalue weighted by Gasteiger charge is 2.28. The highest BCUT2D eigenvalue weighted by molar-refractivity contribution is 9.09. The van der Waals surface area contributed by atoms with Crippen LogP contribution >= 0.6 is 43.5 Å². The van der Waals surface area contributed by atoms with Crippen molar-refractivity contribution in [2.24, 2.45) is 0 Å². The second kappa shape index (κ2) is 6.78. The Morgan fingerprint density at radius 1 is 1.44 bits per heavy atom. The minimum Gasteiger partial charge on any atom is -0.508 e. The molecular formula is C12H14Br2ClNO2. The van der Waals surface area contributed by atoms with Crippen LogP contribution < -0.4 is 5.32 Å². The lowest BCUT2D eigenvalue weighted by Gasteiger charge is -2.30. The number of nitrogens with one attached hydrogen (secondary N) is 1. The van der Waals surface area contributed by atoms with E-state index in [0.29, 0.717) is 15.7 Å². The van der Waals surface area contributed by atoms with Crippen molar-refractivity contribution < 1.29 is 9.90 Å². The second-order valence-electron chi connectivity index (χ2n) is 4.02. The molecule has 0 unspecified atom stereocenters. The number of benzene rings is 1. The number of phenolic OH excluding ortho intramolecular Hbond substituents is 1. The molecule has 1 aromatic carbocycles. The molecular weight excluding hydrogens is 385 g/mol. The quantitative estimate of drug-likeness (QED) is 0.742. The van der Waals surface area contributed by atoms with Gasteiger partial charge in [-0.3, -0.25) is 4.79 Å². The third-order valence-corrected chi connectivity index (χ3v) is 5.24. The molecule has 1 amide bonds. The van der Waals surface area contributed by atoms with Crippen LogP contribution in [0.2, 0.25) is 5.02 Å². The van der Waals surface area contributed by atoms with E-state index >= 15 is 0 Å². The van der Waals surface area contributed by atoms with Crippen LogP contribution in [0.25, 0.3) is 0 Å². The topological polar surface area (TPSA) is 49.3 Å². The van der Waals surface area contributed by atoms with E-state index in [4.69, 9.17) is 11.6 Å². The van der Waals surface area contributed by atoms with Gasteiger partial charge >= 0.3 is 0 Å². The number of amides is 1. The first kappa shape index (κ1) is 15.8. The van der Waals surface area contributed by atoms with Crippen LogP contribution in [0, 0.1) is 0 Å². The third kappa shape index (κ3) is 3.62. The summed E-state index contributed by atoms with van der Waals surface area (Å²) in [6.45, 7) is 1.99. The van der Waals surface area contributed by atoms with E-state index in [9.17, 15) is 9.90 Å². The molecule has 0 aliphatic heterocycles. The Labute approximate surface area is 128 Å². The number of phenols is 1. The normalized spacial score (nSPS) is 11.3. The zero-order chi connectivity index (χ0) is 13.8. The van der Waals surface area contributed by atoms with Crippen molar-refractivity contribution in [3.8, 4) is 5.75 Å². The van der Waals surface area contributed by atoms with E-state index < -0.39 is 0 Å². The van der Waals surface area contributed by atoms with Gasteiger partial charge in [-0.15, -0.1) is 0 Å². The first-order chi connectivity index (χ1) is 8.48. The maximum atomic E-state index is 12.2. The van der Waals surface area contributed by atoms with Crippen molar-refractivity contribution in [1.82, 2.24) is 5.32 Å². The van der Waals surface area contributed by atoms with Crippen molar-refractivity contribution in [2.45, 2.75) is 18.9 Å². The van der Waals surface area contributed by atoms with Crippen molar-refractivity contribution in [3.63, 3.8) is 0 Å². The van der Waals surface area contributed by atoms with Gasteiger partial charge in [-0.25, -0.2) is 0 Å². The molecule has 0 radical (unpaired) electrons. The molecule has 0 aliphatic rings. The lowest BCUT2D eigenvalue weighted by atomic mass is 10.0. The Balaban J connectivity index is 2.97. The molecule has 1 rings (SSSR count). The highest BCUT2D eigenvalue weighted by atomic mass is 79.9. The number of halogens is 3. The van der Waals surface area contributed by atoms with Crippen LogP contribution in [-0.2, 0) is 0 Å². The van der Waals surface area contributed by atoms with Gasteiger partial charge in [0.25, 0.3) is 5.91 Å². The summed E-state index contributed by atoms with van der Waals surface area (Å²) in [5, 5.41) is 13.9. The summed E-state index contributed by atoms with van der Waals surface area (Å²) in [4.78, 5) is 12.2. The molecule has 18 heavy (non-hydrogen) atoms. The van der Waals surface area contributed by atoms with Gasteiger partial charge in [0.15, 0.2) is 0 Å². The minimum absolute atomic E-state index is 0.0179. The summed E-state index contributed by atoms with van der Waals surface area (Å²) in [6, 6.07) is 4.31. The fraction of sp³-hybridized carbons (Fsp3) is 0.417. The van der Waals surface area contributed by atoms with Gasteiger partial charge in [-0.1, -0.05) is 50.4 Å². The van der Waals surface area contributed by atoms with E-state index in [0.717, 1.165) is 6.42 Å². The van der Waals surface area contributed by atoms with Crippen LogP contribution in [-0.4, -0.2) is 27.2 Å². The number of carbonyl (C=O) groups is 1. The molecule has 0 bridgehead atoms. The predicted octanol–water partition coefficient (Wildman–Crippen LogP) is 3.71. The second-order valence-corrected chi connectivity index (χ2v) is 5.55. The number of carbonyl (C=O) groups excluding carboxylic acids is 1. The molecule has 6 heteroatoms. The molecule has 0 saturated carbocycles. The van der Waals surface area contributed by atoms with Gasteiger partial charge in [0.2, 0.25) is 0 Å². The molecule has 0 fully saturated rings. The molecule has 0 atom stereocenters. The first-order valence-electron chi connectivity index (χ1n) is 5.41. The molecule has 0 spiro atoms. The molecule has 100 valence electrons. The van der Waals surface area contributed by atoms with Gasteiger partial charge in [-0.05, 0) is 24.6 Å². The molecule has 0 aliphatic carbocycles. The fourth-order valence-corrected chi connectivity index (χ4v) is 3.58. The SMILES string of the molecule is CCC(CBr)(CBr)NC(=O)c1cc(O)ccc1Cl. The van der Waals surface area contributed by atoms with E-state index in [2.05, 4.69) is 37.2 Å². The molecule has 0 heterocycles. The standard InChI is InChI=1S/C12H14Br2ClNO2/c1-2-12(6-13,7-14)16-11(18)9-5-8(17)3-4-10(9)15/h3-5,17H,2,6-7H2,1H3,(H,16,18). The maximum Gasteiger partial charge on any atom is 0.253 e. The molecule has 2 N–H and O–H groups in total. The number of aromatic hydroxyl groups is 1. The van der Waals surface area contributed by atoms with Gasteiger partial charge in [0, 0.05) is 10.7 Å². The van der Waals surface area contributed by atoms with Crippen molar-refractivity contribution in [1.29, 1.82) is 0 Å². The van der Waals surface area contributed by atoms with Gasteiger partial charge in [0.05, 0.1) is 16.1 Å². The van der Waals surface area contributed by atoms with Crippen molar-refractivity contribution in [3.05, 3.63) is 28.8 Å². The number of hydrogen-bond donors (Lipinski definition) is 2. The average Bonchev–Trinajstić information content (AvgIpc) is 2.38. The van der Waals surface area contributed by atoms with E-state index in [-0.39, 0.29) is 22.8 Å². The van der Waals surface area contributed by atoms with Crippen LogP contribution in [0.3, 0.4) is 0 Å². The smallest absolute Gasteiger partial charge is 0.253 e. The summed E-state index contributed by atoms with van der Waals surface area (Å²) in [5.74, 6) is -0.277. The Hall–Kier alpha value is -0.260. The van der Waals surface area contributed by atoms with E-state index in [1.807, 2.05) is 6.92 Å². The Morgan fingerprint density at radius 2 is 2.06 bits per heavy atom. The van der Waals surface area contributed by atoms with Crippen molar-refractivity contribution in [2.75, 3.05) is 10.7 Å². The van der Waals surface area contributed by atoms with Gasteiger partial charge < -0.3 is 10.4 Å². The zero-order valence-electron chi connectivity index (χ0n) is 9.84. The predicted molar refractivity (Wildman–Crippen MR) is 81.2 cm³/mol. The lowest BCUT2D eigenvalue weighted by Crippen LogP contribution is -2.51. The highest BCUT2D eigenvalue weighted by Crippen LogP contribution is 2.23. The summed E-state index contributed by atoms with van der Waals surface area (Å²) in [7, 11) is 0. The Bertz CT molecular complexity index is 428. The summed E-state index contributed by atoms with van der Waals surface area (Å²) >= 11 is 12.8. The largest absolute Gasteiger partial charge is 0.508 e. The summed E-state index contributed by atoms with van der Waals surface area (Å²) < 4.78 is 0. The molecule has 3 nitrogen and oxygen atoms in total. The van der Waals surface area contributed by atoms with Crippen LogP contribution in [0.1, 0.15) is 23.7 Å². The number of rotatable bonds is 5. The van der Waals surface area contributed by atoms with Gasteiger partial charge in [-0.2, -0.15) is 0 Å². The monoisotopic (exact) mass is 397 g/mol. The number of hydrogen-bond acceptors (Lipinski definition) is 2. The maximum absolute atomic E-state index is 12.2. The van der Waals surface area contributed by atoms with Crippen LogP contribution in [0.4, 0.5) is 0 Å². The molecule has 1 aromatic rings. The van der Waals surface area contributed by atoms with Crippen molar-refractivity contribution >= 4 is 49.4 Å². The summed E-state index contributed by atoms with van der Waals surface area (Å²) in [5.41, 5.74) is -0.0947. The Morgan fingerprint density at radius 3 is 2.56 bits per heavy atom.